The second-order valence-corrected chi connectivity index (χ2v) is 7.95. The van der Waals surface area contributed by atoms with Gasteiger partial charge in [-0.2, -0.15) is 0 Å². The minimum absolute atomic E-state index is 0.969. The van der Waals surface area contributed by atoms with E-state index < -0.39 is 0 Å². The standard InChI is InChI=1S/C27H21N3/c1-18-7-5-8-19(15-18)20-9-6-10-21(16-20)22-13-14-25-26(17-22)30-24-12-4-3-11-23(24)28-27(30)29(25)2/h3-17H,1-2H3. The highest BCUT2D eigenvalue weighted by atomic mass is 15.2. The summed E-state index contributed by atoms with van der Waals surface area (Å²) in [7, 11) is 2.08. The summed E-state index contributed by atoms with van der Waals surface area (Å²) in [6.45, 7) is 2.14. The molecule has 0 N–H and O–H groups in total. The number of aryl methyl sites for hydroxylation is 2. The van der Waals surface area contributed by atoms with Crippen LogP contribution in [0.3, 0.4) is 0 Å². The third-order valence-electron chi connectivity index (χ3n) is 5.97. The molecule has 0 radical (unpaired) electrons. The van der Waals surface area contributed by atoms with Gasteiger partial charge in [-0.15, -0.1) is 0 Å². The Morgan fingerprint density at radius 1 is 0.600 bits per heavy atom. The second kappa shape index (κ2) is 6.33. The summed E-state index contributed by atoms with van der Waals surface area (Å²) < 4.78 is 4.43. The Morgan fingerprint density at radius 3 is 2.10 bits per heavy atom. The summed E-state index contributed by atoms with van der Waals surface area (Å²) in [6.07, 6.45) is 0. The van der Waals surface area contributed by atoms with E-state index in [0.29, 0.717) is 0 Å². The van der Waals surface area contributed by atoms with E-state index in [0.717, 1.165) is 16.8 Å². The van der Waals surface area contributed by atoms with Gasteiger partial charge in [-0.3, -0.25) is 4.40 Å². The van der Waals surface area contributed by atoms with Crippen LogP contribution in [0, 0.1) is 6.92 Å². The van der Waals surface area contributed by atoms with E-state index in [-0.39, 0.29) is 0 Å². The number of hydrogen-bond donors (Lipinski definition) is 0. The van der Waals surface area contributed by atoms with Gasteiger partial charge in [0.15, 0.2) is 0 Å². The molecule has 0 saturated carbocycles. The normalized spacial score (nSPS) is 11.7. The van der Waals surface area contributed by atoms with Crippen LogP contribution < -0.4 is 0 Å². The first kappa shape index (κ1) is 17.0. The third kappa shape index (κ3) is 2.49. The van der Waals surface area contributed by atoms with Crippen LogP contribution in [0.1, 0.15) is 5.56 Å². The molecule has 0 bridgehead atoms. The van der Waals surface area contributed by atoms with Crippen LogP contribution in [-0.2, 0) is 7.05 Å². The largest absolute Gasteiger partial charge is 0.313 e. The van der Waals surface area contributed by atoms with Gasteiger partial charge in [0, 0.05) is 7.05 Å². The van der Waals surface area contributed by atoms with Crippen molar-refractivity contribution in [2.24, 2.45) is 7.05 Å². The maximum Gasteiger partial charge on any atom is 0.215 e. The molecule has 2 heterocycles. The van der Waals surface area contributed by atoms with Crippen LogP contribution in [0.2, 0.25) is 0 Å². The lowest BCUT2D eigenvalue weighted by atomic mass is 9.98. The molecule has 0 saturated heterocycles. The van der Waals surface area contributed by atoms with Gasteiger partial charge in [0.25, 0.3) is 0 Å². The quantitative estimate of drug-likeness (QED) is 0.327. The highest BCUT2D eigenvalue weighted by molar-refractivity contribution is 5.93. The molecule has 6 aromatic rings. The fourth-order valence-corrected chi connectivity index (χ4v) is 4.45. The molecule has 0 spiro atoms. The number of benzene rings is 4. The number of imidazole rings is 2. The van der Waals surface area contributed by atoms with E-state index in [2.05, 4.69) is 108 Å². The zero-order valence-corrected chi connectivity index (χ0v) is 17.0. The Labute approximate surface area is 174 Å². The van der Waals surface area contributed by atoms with Gasteiger partial charge in [-0.05, 0) is 59.5 Å². The van der Waals surface area contributed by atoms with Crippen molar-refractivity contribution in [3.05, 3.63) is 96.6 Å². The number of fused-ring (bicyclic) bond motifs is 5. The van der Waals surface area contributed by atoms with Crippen LogP contribution in [0.15, 0.2) is 91.0 Å². The molecule has 0 aliphatic heterocycles. The molecule has 0 unspecified atom stereocenters. The lowest BCUT2D eigenvalue weighted by molar-refractivity contribution is 0.974. The summed E-state index contributed by atoms with van der Waals surface area (Å²) >= 11 is 0. The zero-order chi connectivity index (χ0) is 20.2. The smallest absolute Gasteiger partial charge is 0.215 e. The average Bonchev–Trinajstić information content (AvgIpc) is 3.29. The molecule has 0 aliphatic rings. The highest BCUT2D eigenvalue weighted by Crippen LogP contribution is 2.31. The molecule has 6 rings (SSSR count). The molecule has 0 aliphatic carbocycles. The van der Waals surface area contributed by atoms with Crippen molar-refractivity contribution >= 4 is 27.8 Å². The highest BCUT2D eigenvalue weighted by Gasteiger charge is 2.14. The lowest BCUT2D eigenvalue weighted by Crippen LogP contribution is -1.88. The first-order chi connectivity index (χ1) is 14.7. The fraction of sp³-hybridized carbons (Fsp3) is 0.0741. The average molecular weight is 387 g/mol. The molecule has 0 atom stereocenters. The molecular weight excluding hydrogens is 366 g/mol. The summed E-state index contributed by atoms with van der Waals surface area (Å²) in [5.41, 5.74) is 10.7. The van der Waals surface area contributed by atoms with Gasteiger partial charge in [-0.1, -0.05) is 66.2 Å². The number of hydrogen-bond acceptors (Lipinski definition) is 1. The predicted molar refractivity (Wildman–Crippen MR) is 125 cm³/mol. The minimum Gasteiger partial charge on any atom is -0.313 e. The number of nitrogens with zero attached hydrogens (tertiary/aromatic N) is 3. The molecular formula is C27H21N3. The lowest BCUT2D eigenvalue weighted by Gasteiger charge is -2.08. The Balaban J connectivity index is 1.57. The number of aromatic nitrogens is 3. The van der Waals surface area contributed by atoms with Crippen LogP contribution in [0.25, 0.3) is 50.1 Å². The summed E-state index contributed by atoms with van der Waals surface area (Å²) in [4.78, 5) is 4.84. The van der Waals surface area contributed by atoms with E-state index >= 15 is 0 Å². The SMILES string of the molecule is Cc1cccc(-c2cccc(-c3ccc4c(c3)n3c5ccccc5nc3n4C)c2)c1. The van der Waals surface area contributed by atoms with Crippen LogP contribution in [0.4, 0.5) is 0 Å². The molecule has 0 amide bonds. The van der Waals surface area contributed by atoms with Crippen molar-refractivity contribution in [2.75, 3.05) is 0 Å². The van der Waals surface area contributed by atoms with Crippen LogP contribution in [0.5, 0.6) is 0 Å². The van der Waals surface area contributed by atoms with Gasteiger partial charge in [0.2, 0.25) is 5.78 Å². The van der Waals surface area contributed by atoms with Crippen molar-refractivity contribution in [3.63, 3.8) is 0 Å². The maximum atomic E-state index is 4.84. The van der Waals surface area contributed by atoms with Gasteiger partial charge in [0.05, 0.1) is 22.1 Å². The van der Waals surface area contributed by atoms with E-state index in [1.807, 2.05) is 6.07 Å². The van der Waals surface area contributed by atoms with Crippen molar-refractivity contribution in [2.45, 2.75) is 6.92 Å². The van der Waals surface area contributed by atoms with Crippen molar-refractivity contribution < 1.29 is 0 Å². The van der Waals surface area contributed by atoms with Gasteiger partial charge in [-0.25, -0.2) is 4.98 Å². The van der Waals surface area contributed by atoms with Gasteiger partial charge >= 0.3 is 0 Å². The van der Waals surface area contributed by atoms with Crippen LogP contribution in [-0.4, -0.2) is 14.0 Å². The van der Waals surface area contributed by atoms with Crippen molar-refractivity contribution in [3.8, 4) is 22.3 Å². The summed E-state index contributed by atoms with van der Waals surface area (Å²) in [6, 6.07) is 32.5. The summed E-state index contributed by atoms with van der Waals surface area (Å²) in [5.74, 6) is 0.969. The summed E-state index contributed by atoms with van der Waals surface area (Å²) in [5, 5.41) is 0. The molecule has 2 aromatic heterocycles. The number of rotatable bonds is 2. The zero-order valence-electron chi connectivity index (χ0n) is 17.0. The fourth-order valence-electron chi connectivity index (χ4n) is 4.45. The molecule has 30 heavy (non-hydrogen) atoms. The van der Waals surface area contributed by atoms with Gasteiger partial charge in [0.1, 0.15) is 0 Å². The molecule has 0 fully saturated rings. The molecule has 144 valence electrons. The predicted octanol–water partition coefficient (Wildman–Crippen LogP) is 6.62. The Kier molecular flexibility index (Phi) is 3.59. The van der Waals surface area contributed by atoms with E-state index in [1.54, 1.807) is 0 Å². The molecule has 3 heteroatoms. The number of para-hydroxylation sites is 2. The van der Waals surface area contributed by atoms with Crippen molar-refractivity contribution in [1.29, 1.82) is 0 Å². The Bertz CT molecular complexity index is 1570. The minimum atomic E-state index is 0.969. The first-order valence-electron chi connectivity index (χ1n) is 10.2. The first-order valence-corrected chi connectivity index (χ1v) is 10.2. The molecule has 3 nitrogen and oxygen atoms in total. The van der Waals surface area contributed by atoms with E-state index in [1.165, 1.54) is 38.9 Å². The van der Waals surface area contributed by atoms with Crippen molar-refractivity contribution in [1.82, 2.24) is 14.0 Å². The van der Waals surface area contributed by atoms with Crippen LogP contribution >= 0.6 is 0 Å². The Hall–Kier alpha value is -3.85. The molecule has 4 aromatic carbocycles. The monoisotopic (exact) mass is 387 g/mol. The third-order valence-corrected chi connectivity index (χ3v) is 5.97. The maximum absolute atomic E-state index is 4.84. The topological polar surface area (TPSA) is 22.2 Å². The van der Waals surface area contributed by atoms with E-state index in [4.69, 9.17) is 4.98 Å². The van der Waals surface area contributed by atoms with E-state index in [9.17, 15) is 0 Å². The Morgan fingerprint density at radius 2 is 1.30 bits per heavy atom. The van der Waals surface area contributed by atoms with Gasteiger partial charge < -0.3 is 4.57 Å². The second-order valence-electron chi connectivity index (χ2n) is 7.95.